The molecule has 2 atom stereocenters. The van der Waals surface area contributed by atoms with Crippen LogP contribution in [-0.2, 0) is 19.9 Å². The van der Waals surface area contributed by atoms with Crippen LogP contribution in [-0.4, -0.2) is 59.4 Å². The normalized spacial score (nSPS) is 13.6. The molecule has 1 heterocycles. The van der Waals surface area contributed by atoms with Gasteiger partial charge in [-0.15, -0.1) is 24.0 Å². The lowest BCUT2D eigenvalue weighted by molar-refractivity contribution is 0.215. The molecule has 0 radical (unpaired) electrons. The second kappa shape index (κ2) is 13.7. The van der Waals surface area contributed by atoms with Gasteiger partial charge in [0.2, 0.25) is 0 Å². The number of halogens is 1. The van der Waals surface area contributed by atoms with Gasteiger partial charge in [0, 0.05) is 38.4 Å². The lowest BCUT2D eigenvalue weighted by Gasteiger charge is -2.31. The molecule has 6 nitrogen and oxygen atoms in total. The van der Waals surface area contributed by atoms with Crippen LogP contribution in [0.5, 0.6) is 0 Å². The summed E-state index contributed by atoms with van der Waals surface area (Å²) in [6.07, 6.45) is 1.95. The van der Waals surface area contributed by atoms with Gasteiger partial charge >= 0.3 is 0 Å². The fourth-order valence-electron chi connectivity index (χ4n) is 4.07. The van der Waals surface area contributed by atoms with E-state index in [1.165, 1.54) is 16.8 Å². The monoisotopic (exact) mass is 540 g/mol. The Labute approximate surface area is 205 Å². The highest BCUT2D eigenvalue weighted by atomic mass is 127. The predicted molar refractivity (Wildman–Crippen MR) is 143 cm³/mol. The van der Waals surface area contributed by atoms with E-state index in [-0.39, 0.29) is 30.0 Å². The molecule has 0 aliphatic rings. The third-order valence-electron chi connectivity index (χ3n) is 5.92. The number of hydrogen-bond acceptors (Lipinski definition) is 3. The molecule has 2 N–H and O–H groups in total. The van der Waals surface area contributed by atoms with Crippen molar-refractivity contribution < 1.29 is 0 Å². The van der Waals surface area contributed by atoms with E-state index in [0.717, 1.165) is 44.1 Å². The van der Waals surface area contributed by atoms with Crippen LogP contribution in [0.15, 0.2) is 35.3 Å². The van der Waals surface area contributed by atoms with Crippen molar-refractivity contribution in [3.8, 4) is 0 Å². The minimum absolute atomic E-state index is 0. The second-order valence-electron chi connectivity index (χ2n) is 8.04. The Balaban J connectivity index is 0.00000480. The number of nitrogens with zero attached hydrogens (tertiary/aromatic N) is 4. The van der Waals surface area contributed by atoms with E-state index in [1.807, 2.05) is 18.8 Å². The molecular weight excluding hydrogens is 499 g/mol. The first kappa shape index (κ1) is 27.4. The zero-order valence-corrected chi connectivity index (χ0v) is 22.6. The smallest absolute Gasteiger partial charge is 0.191 e. The molecule has 0 saturated carbocycles. The van der Waals surface area contributed by atoms with Crippen molar-refractivity contribution in [3.05, 3.63) is 52.8 Å². The van der Waals surface area contributed by atoms with E-state index >= 15 is 0 Å². The Morgan fingerprint density at radius 1 is 1.13 bits per heavy atom. The molecule has 0 aliphatic heterocycles. The minimum atomic E-state index is 0. The average molecular weight is 541 g/mol. The van der Waals surface area contributed by atoms with Gasteiger partial charge in [-0.05, 0) is 57.8 Å². The Hall–Kier alpha value is -1.61. The van der Waals surface area contributed by atoms with Crippen LogP contribution in [0.1, 0.15) is 43.3 Å². The first-order chi connectivity index (χ1) is 14.4. The summed E-state index contributed by atoms with van der Waals surface area (Å²) in [7, 11) is 3.84. The highest BCUT2D eigenvalue weighted by Gasteiger charge is 2.18. The van der Waals surface area contributed by atoms with Crippen LogP contribution in [0.4, 0.5) is 0 Å². The SMILES string of the molecule is CCN(CC)C(CNC(=NC)NC(C)Cc1c(C)nn(C)c1C)Cc1ccccc1.I. The maximum absolute atomic E-state index is 4.54. The van der Waals surface area contributed by atoms with E-state index in [1.54, 1.807) is 0 Å². The molecule has 1 aromatic heterocycles. The highest BCUT2D eigenvalue weighted by Crippen LogP contribution is 2.14. The van der Waals surface area contributed by atoms with Crippen molar-refractivity contribution in [1.82, 2.24) is 25.3 Å². The zero-order valence-electron chi connectivity index (χ0n) is 20.3. The summed E-state index contributed by atoms with van der Waals surface area (Å²) in [6, 6.07) is 11.4. The molecule has 2 rings (SSSR count). The van der Waals surface area contributed by atoms with Gasteiger partial charge < -0.3 is 10.6 Å². The van der Waals surface area contributed by atoms with Gasteiger partial charge in [0.25, 0.3) is 0 Å². The predicted octanol–water partition coefficient (Wildman–Crippen LogP) is 3.70. The Kier molecular flexibility index (Phi) is 12.1. The number of aromatic nitrogens is 2. The molecule has 31 heavy (non-hydrogen) atoms. The topological polar surface area (TPSA) is 57.5 Å². The van der Waals surface area contributed by atoms with Gasteiger partial charge in [0.05, 0.1) is 5.69 Å². The van der Waals surface area contributed by atoms with Crippen molar-refractivity contribution in [2.45, 2.75) is 59.5 Å². The maximum atomic E-state index is 4.54. The average Bonchev–Trinajstić information content (AvgIpc) is 2.98. The number of guanidine groups is 1. The maximum Gasteiger partial charge on any atom is 0.191 e. The first-order valence-corrected chi connectivity index (χ1v) is 11.1. The van der Waals surface area contributed by atoms with Crippen LogP contribution in [0.2, 0.25) is 0 Å². The quantitative estimate of drug-likeness (QED) is 0.274. The molecule has 1 aromatic carbocycles. The molecule has 0 amide bonds. The highest BCUT2D eigenvalue weighted by molar-refractivity contribution is 14.0. The van der Waals surface area contributed by atoms with Gasteiger partial charge in [-0.25, -0.2) is 0 Å². The summed E-state index contributed by atoms with van der Waals surface area (Å²) < 4.78 is 1.96. The summed E-state index contributed by atoms with van der Waals surface area (Å²) in [5.74, 6) is 0.854. The number of hydrogen-bond donors (Lipinski definition) is 2. The third kappa shape index (κ3) is 8.11. The summed E-state index contributed by atoms with van der Waals surface area (Å²) >= 11 is 0. The molecule has 0 spiro atoms. The lowest BCUT2D eigenvalue weighted by atomic mass is 10.0. The third-order valence-corrected chi connectivity index (χ3v) is 5.92. The standard InChI is InChI=1S/C24H40N6.HI/c1-8-30(9-2)22(16-21-13-11-10-12-14-21)17-26-24(25-6)27-18(3)15-23-19(4)28-29(7)20(23)5;/h10-14,18,22H,8-9,15-17H2,1-7H3,(H2,25,26,27);1H. The van der Waals surface area contributed by atoms with Crippen LogP contribution >= 0.6 is 24.0 Å². The van der Waals surface area contributed by atoms with Crippen molar-refractivity contribution in [2.75, 3.05) is 26.7 Å². The van der Waals surface area contributed by atoms with E-state index in [2.05, 4.69) is 90.6 Å². The van der Waals surface area contributed by atoms with E-state index in [4.69, 9.17) is 0 Å². The number of benzene rings is 1. The van der Waals surface area contributed by atoms with Crippen molar-refractivity contribution >= 4 is 29.9 Å². The van der Waals surface area contributed by atoms with Crippen LogP contribution in [0.25, 0.3) is 0 Å². The Morgan fingerprint density at radius 3 is 2.29 bits per heavy atom. The van der Waals surface area contributed by atoms with Gasteiger partial charge in [0.15, 0.2) is 5.96 Å². The summed E-state index contributed by atoms with van der Waals surface area (Å²) in [5.41, 5.74) is 5.03. The van der Waals surface area contributed by atoms with Crippen molar-refractivity contribution in [3.63, 3.8) is 0 Å². The number of likely N-dealkylation sites (N-methyl/N-ethyl adjacent to an activating group) is 1. The van der Waals surface area contributed by atoms with Crippen molar-refractivity contribution in [2.24, 2.45) is 12.0 Å². The number of nitrogens with one attached hydrogen (secondary N) is 2. The number of aliphatic imine (C=N–C) groups is 1. The molecular formula is C24H41IN6. The summed E-state index contributed by atoms with van der Waals surface area (Å²) in [4.78, 5) is 6.98. The number of aryl methyl sites for hydroxylation is 2. The van der Waals surface area contributed by atoms with Crippen LogP contribution in [0, 0.1) is 13.8 Å². The molecule has 0 aliphatic carbocycles. The van der Waals surface area contributed by atoms with Gasteiger partial charge in [-0.2, -0.15) is 5.10 Å². The molecule has 0 bridgehead atoms. The summed E-state index contributed by atoms with van der Waals surface area (Å²) in [6.45, 7) is 13.8. The van der Waals surface area contributed by atoms with Gasteiger partial charge in [0.1, 0.15) is 0 Å². The van der Waals surface area contributed by atoms with Crippen LogP contribution in [0.3, 0.4) is 0 Å². The molecule has 2 aromatic rings. The molecule has 0 fully saturated rings. The first-order valence-electron chi connectivity index (χ1n) is 11.1. The van der Waals surface area contributed by atoms with Crippen molar-refractivity contribution in [1.29, 1.82) is 0 Å². The van der Waals surface area contributed by atoms with E-state index in [9.17, 15) is 0 Å². The molecule has 7 heteroatoms. The molecule has 0 saturated heterocycles. The zero-order chi connectivity index (χ0) is 22.1. The number of rotatable bonds is 10. The van der Waals surface area contributed by atoms with Crippen LogP contribution < -0.4 is 10.6 Å². The Bertz CT molecular complexity index is 798. The Morgan fingerprint density at radius 2 is 1.77 bits per heavy atom. The largest absolute Gasteiger partial charge is 0.355 e. The molecule has 174 valence electrons. The van der Waals surface area contributed by atoms with E-state index in [0.29, 0.717) is 6.04 Å². The minimum Gasteiger partial charge on any atom is -0.355 e. The summed E-state index contributed by atoms with van der Waals surface area (Å²) in [5, 5.41) is 11.7. The van der Waals surface area contributed by atoms with E-state index < -0.39 is 0 Å². The fourth-order valence-corrected chi connectivity index (χ4v) is 4.07. The van der Waals surface area contributed by atoms with Gasteiger partial charge in [-0.1, -0.05) is 44.2 Å². The molecule has 2 unspecified atom stereocenters. The second-order valence-corrected chi connectivity index (χ2v) is 8.04. The van der Waals surface area contributed by atoms with Gasteiger partial charge in [-0.3, -0.25) is 14.6 Å². The lowest BCUT2D eigenvalue weighted by Crippen LogP contribution is -2.50. The fraction of sp³-hybridized carbons (Fsp3) is 0.583.